The van der Waals surface area contributed by atoms with E-state index in [0.717, 1.165) is 43.2 Å². The standard InChI is InChI=1S/C49H63N7O9.ClH/c1-32(50-2)45(57)53-43(33-12-6-5-7-13-33)47(59)55-22-24-56(25-23-55)48(60)44-42(39-19-18-34(62-4)30-41(39)54(44)3)46(58)51-20-26-63-28-29-64-27-21-52-49(61)65-31-40-37-16-10-8-14-35(37)36-15-9-11-17-38(36)40;/h8-11,14-19,30,32-33,40,43,50H,5-7,12-13,20-29,31H2,1-4H3,(H,51,58)(H,52,61)(H,53,57);1H/t32-,43-;/m0./s1. The number of aromatic nitrogens is 1. The number of carbonyl (C=O) groups is 5. The van der Waals surface area contributed by atoms with E-state index in [1.807, 2.05) is 24.3 Å². The normalized spacial score (nSPS) is 15.8. The summed E-state index contributed by atoms with van der Waals surface area (Å²) in [5, 5.41) is 12.3. The van der Waals surface area contributed by atoms with Gasteiger partial charge in [-0.15, -0.1) is 12.4 Å². The van der Waals surface area contributed by atoms with Gasteiger partial charge in [-0.05, 0) is 67.1 Å². The van der Waals surface area contributed by atoms with Crippen molar-refractivity contribution < 1.29 is 42.9 Å². The van der Waals surface area contributed by atoms with Crippen LogP contribution in [0.1, 0.15) is 76.9 Å². The number of likely N-dealkylation sites (N-methyl/N-ethyl adjacent to an activating group) is 1. The third-order valence-corrected chi connectivity index (χ3v) is 13.0. The Morgan fingerprint density at radius 1 is 0.773 bits per heavy atom. The molecular weight excluding hydrogens is 866 g/mol. The summed E-state index contributed by atoms with van der Waals surface area (Å²) in [6.45, 7) is 4.67. The Hall–Kier alpha value is -5.68. The molecule has 3 aliphatic rings. The highest BCUT2D eigenvalue weighted by molar-refractivity contribution is 6.16. The predicted octanol–water partition coefficient (Wildman–Crippen LogP) is 4.87. The molecule has 2 atom stereocenters. The smallest absolute Gasteiger partial charge is 0.407 e. The number of aryl methyl sites for hydroxylation is 1. The molecular formula is C49H64ClN7O9. The van der Waals surface area contributed by atoms with Crippen LogP contribution in [0.4, 0.5) is 4.79 Å². The van der Waals surface area contributed by atoms with Gasteiger partial charge in [-0.2, -0.15) is 0 Å². The van der Waals surface area contributed by atoms with E-state index < -0.39 is 24.1 Å². The number of alkyl carbamates (subject to hydrolysis) is 1. The second-order valence-electron chi connectivity index (χ2n) is 16.9. The molecule has 5 amide bonds. The van der Waals surface area contributed by atoms with Crippen molar-refractivity contribution in [1.82, 2.24) is 35.6 Å². The number of nitrogens with one attached hydrogen (secondary N) is 4. The number of fused-ring (bicyclic) bond motifs is 4. The maximum absolute atomic E-state index is 14.4. The van der Waals surface area contributed by atoms with Gasteiger partial charge < -0.3 is 54.6 Å². The van der Waals surface area contributed by atoms with Crippen LogP contribution in [0.2, 0.25) is 0 Å². The van der Waals surface area contributed by atoms with Crippen LogP contribution < -0.4 is 26.0 Å². The van der Waals surface area contributed by atoms with Crippen LogP contribution in [-0.2, 0) is 30.8 Å². The second-order valence-corrected chi connectivity index (χ2v) is 16.9. The number of piperazine rings is 1. The number of rotatable bonds is 19. The van der Waals surface area contributed by atoms with E-state index in [9.17, 15) is 24.0 Å². The van der Waals surface area contributed by atoms with Crippen molar-refractivity contribution in [3.63, 3.8) is 0 Å². The first-order valence-electron chi connectivity index (χ1n) is 22.9. The number of hydrogen-bond donors (Lipinski definition) is 4. The lowest BCUT2D eigenvalue weighted by Gasteiger charge is -2.39. The van der Waals surface area contributed by atoms with E-state index in [2.05, 4.69) is 45.5 Å². The second kappa shape index (κ2) is 23.7. The summed E-state index contributed by atoms with van der Waals surface area (Å²) in [5.41, 5.74) is 5.79. The molecule has 0 unspecified atom stereocenters. The number of amides is 5. The zero-order valence-electron chi connectivity index (χ0n) is 38.4. The van der Waals surface area contributed by atoms with Gasteiger partial charge in [-0.1, -0.05) is 67.8 Å². The van der Waals surface area contributed by atoms with Gasteiger partial charge in [0.2, 0.25) is 11.8 Å². The molecule has 0 bridgehead atoms. The van der Waals surface area contributed by atoms with Gasteiger partial charge in [0.15, 0.2) is 0 Å². The lowest BCUT2D eigenvalue weighted by Crippen LogP contribution is -2.59. The number of halogens is 1. The summed E-state index contributed by atoms with van der Waals surface area (Å²) in [5.74, 6) is -0.425. The van der Waals surface area contributed by atoms with Gasteiger partial charge in [0.05, 0.1) is 50.7 Å². The molecule has 0 spiro atoms. The van der Waals surface area contributed by atoms with E-state index in [1.165, 1.54) is 11.1 Å². The number of ether oxygens (including phenoxy) is 4. The van der Waals surface area contributed by atoms with E-state index in [1.54, 1.807) is 60.7 Å². The van der Waals surface area contributed by atoms with Crippen LogP contribution in [0.25, 0.3) is 22.0 Å². The highest BCUT2D eigenvalue weighted by Gasteiger charge is 2.38. The molecule has 1 aromatic heterocycles. The number of benzene rings is 3. The van der Waals surface area contributed by atoms with Crippen molar-refractivity contribution >= 4 is 53.0 Å². The minimum atomic E-state index is -0.618. The van der Waals surface area contributed by atoms with Crippen LogP contribution in [0.5, 0.6) is 5.75 Å². The highest BCUT2D eigenvalue weighted by Crippen LogP contribution is 2.44. The Labute approximate surface area is 392 Å². The van der Waals surface area contributed by atoms with Crippen molar-refractivity contribution in [1.29, 1.82) is 0 Å². The van der Waals surface area contributed by atoms with Gasteiger partial charge in [0.1, 0.15) is 24.1 Å². The maximum atomic E-state index is 14.4. The lowest BCUT2D eigenvalue weighted by atomic mass is 9.83. The molecule has 7 rings (SSSR count). The van der Waals surface area contributed by atoms with Crippen molar-refractivity contribution in [2.75, 3.05) is 86.5 Å². The summed E-state index contributed by atoms with van der Waals surface area (Å²) in [6.07, 6.45) is 4.43. The van der Waals surface area contributed by atoms with Gasteiger partial charge in [0.25, 0.3) is 11.8 Å². The lowest BCUT2D eigenvalue weighted by molar-refractivity contribution is -0.140. The van der Waals surface area contributed by atoms with E-state index in [0.29, 0.717) is 29.7 Å². The zero-order valence-corrected chi connectivity index (χ0v) is 39.2. The molecule has 2 heterocycles. The molecule has 1 saturated heterocycles. The average molecular weight is 931 g/mol. The van der Waals surface area contributed by atoms with E-state index in [-0.39, 0.29) is 112 Å². The maximum Gasteiger partial charge on any atom is 0.407 e. The summed E-state index contributed by atoms with van der Waals surface area (Å²) < 4.78 is 24.1. The van der Waals surface area contributed by atoms with Crippen molar-refractivity contribution in [2.45, 2.75) is 57.0 Å². The zero-order chi connectivity index (χ0) is 45.9. The fourth-order valence-electron chi connectivity index (χ4n) is 9.28. The molecule has 1 aliphatic heterocycles. The molecule has 2 aliphatic carbocycles. The number of carbonyl (C=O) groups excluding carboxylic acids is 5. The van der Waals surface area contributed by atoms with Crippen LogP contribution in [0.3, 0.4) is 0 Å². The molecule has 0 radical (unpaired) electrons. The number of methoxy groups -OCH3 is 1. The summed E-state index contributed by atoms with van der Waals surface area (Å²) in [7, 11) is 5.03. The third kappa shape index (κ3) is 11.5. The Bertz CT molecular complexity index is 2280. The molecule has 2 fully saturated rings. The Kier molecular flexibility index (Phi) is 17.8. The Morgan fingerprint density at radius 2 is 1.38 bits per heavy atom. The topological polar surface area (TPSA) is 182 Å². The summed E-state index contributed by atoms with van der Waals surface area (Å²) in [6, 6.07) is 20.7. The van der Waals surface area contributed by atoms with Crippen molar-refractivity contribution in [3.8, 4) is 16.9 Å². The molecule has 16 nitrogen and oxygen atoms in total. The minimum Gasteiger partial charge on any atom is -0.497 e. The number of nitrogens with zero attached hydrogens (tertiary/aromatic N) is 3. The van der Waals surface area contributed by atoms with Gasteiger partial charge in [-0.25, -0.2) is 4.79 Å². The monoisotopic (exact) mass is 929 g/mol. The molecule has 4 aromatic rings. The van der Waals surface area contributed by atoms with E-state index in [4.69, 9.17) is 18.9 Å². The first kappa shape index (κ1) is 49.7. The molecule has 1 saturated carbocycles. The summed E-state index contributed by atoms with van der Waals surface area (Å²) in [4.78, 5) is 71.1. The van der Waals surface area contributed by atoms with Crippen molar-refractivity contribution in [2.24, 2.45) is 13.0 Å². The van der Waals surface area contributed by atoms with Crippen LogP contribution in [0.15, 0.2) is 66.7 Å². The van der Waals surface area contributed by atoms with Gasteiger partial charge in [-0.3, -0.25) is 19.2 Å². The first-order chi connectivity index (χ1) is 31.6. The summed E-state index contributed by atoms with van der Waals surface area (Å²) >= 11 is 0. The quantitative estimate of drug-likeness (QED) is 0.0949. The molecule has 3 aromatic carbocycles. The van der Waals surface area contributed by atoms with Crippen LogP contribution >= 0.6 is 12.4 Å². The van der Waals surface area contributed by atoms with Crippen LogP contribution in [0, 0.1) is 5.92 Å². The SMILES string of the molecule is CN[C@@H](C)C(=O)N[C@H](C(=O)N1CCN(C(=O)c2c(C(=O)NCCOCCOCCNC(=O)OCC3c4ccccc4-c4ccccc43)c3ccc(OC)cc3n2C)CC1)C1CCCCC1.Cl. The third-order valence-electron chi connectivity index (χ3n) is 13.0. The van der Waals surface area contributed by atoms with Gasteiger partial charge >= 0.3 is 6.09 Å². The number of hydrogen-bond acceptors (Lipinski definition) is 10. The largest absolute Gasteiger partial charge is 0.497 e. The minimum absolute atomic E-state index is 0. The van der Waals surface area contributed by atoms with Crippen molar-refractivity contribution in [3.05, 3.63) is 89.1 Å². The van der Waals surface area contributed by atoms with E-state index >= 15 is 0 Å². The van der Waals surface area contributed by atoms with Gasteiger partial charge in [0, 0.05) is 63.7 Å². The Balaban J connectivity index is 0.00000720. The van der Waals surface area contributed by atoms with Crippen LogP contribution in [-0.4, -0.2) is 143 Å². The molecule has 66 heavy (non-hydrogen) atoms. The molecule has 4 N–H and O–H groups in total. The average Bonchev–Trinajstić information content (AvgIpc) is 3.83. The fraction of sp³-hybridized carbons (Fsp3) is 0.490. The highest BCUT2D eigenvalue weighted by atomic mass is 35.5. The fourth-order valence-corrected chi connectivity index (χ4v) is 9.28. The first-order valence-corrected chi connectivity index (χ1v) is 22.9. The Morgan fingerprint density at radius 3 is 2.00 bits per heavy atom. The molecule has 17 heteroatoms. The predicted molar refractivity (Wildman–Crippen MR) is 253 cm³/mol. The molecule has 356 valence electrons.